The van der Waals surface area contributed by atoms with Gasteiger partial charge in [-0.15, -0.1) is 0 Å². The summed E-state index contributed by atoms with van der Waals surface area (Å²) in [6, 6.07) is 0. The lowest BCUT2D eigenvalue weighted by molar-refractivity contribution is -0.872. The molecule has 3 atom stereocenters. The van der Waals surface area contributed by atoms with Crippen LogP contribution in [0.3, 0.4) is 0 Å². The number of nitrogens with zero attached hydrogens (tertiary/aromatic N) is 1. The van der Waals surface area contributed by atoms with Crippen molar-refractivity contribution in [3.05, 3.63) is 12.2 Å². The van der Waals surface area contributed by atoms with Crippen LogP contribution in [0.5, 0.6) is 0 Å². The molecular weight excluding hydrogens is 501 g/mol. The van der Waals surface area contributed by atoms with Gasteiger partial charge in [-0.05, 0) is 39.0 Å². The van der Waals surface area contributed by atoms with Crippen molar-refractivity contribution in [3.8, 4) is 0 Å². The molecule has 0 heterocycles. The number of hydrogen-bond donors (Lipinski definition) is 5. The molecule has 0 aliphatic carbocycles. The van der Waals surface area contributed by atoms with E-state index in [1.54, 1.807) is 28.1 Å². The van der Waals surface area contributed by atoms with Crippen molar-refractivity contribution >= 4 is 7.60 Å². The smallest absolute Gasteiger partial charge is 0.359 e. The molecule has 0 aromatic carbocycles. The minimum absolute atomic E-state index is 0.0459. The zero-order valence-corrected chi connectivity index (χ0v) is 26.5. The van der Waals surface area contributed by atoms with Crippen LogP contribution in [0.2, 0.25) is 0 Å². The molecule has 0 saturated carbocycles. The Morgan fingerprint density at radius 1 is 0.658 bits per heavy atom. The average molecular weight is 567 g/mol. The van der Waals surface area contributed by atoms with E-state index in [9.17, 15) is 14.8 Å². The van der Waals surface area contributed by atoms with Gasteiger partial charge in [0.15, 0.2) is 0 Å². The van der Waals surface area contributed by atoms with E-state index >= 15 is 0 Å². The van der Waals surface area contributed by atoms with E-state index in [0.29, 0.717) is 4.48 Å². The molecule has 230 valence electrons. The molecule has 0 aromatic heterocycles. The fraction of sp³-hybridized carbons (Fsp3) is 0.933. The molecule has 8 heteroatoms. The van der Waals surface area contributed by atoms with Gasteiger partial charge in [0, 0.05) is 0 Å². The average Bonchev–Trinajstić information content (AvgIpc) is 2.81. The first-order chi connectivity index (χ1) is 17.8. The second kappa shape index (κ2) is 25.7. The minimum Gasteiger partial charge on any atom is -0.391 e. The highest BCUT2D eigenvalue weighted by Gasteiger charge is 2.31. The highest BCUT2D eigenvalue weighted by molar-refractivity contribution is 7.52. The van der Waals surface area contributed by atoms with Gasteiger partial charge in [0.05, 0.1) is 33.4 Å². The Labute approximate surface area is 235 Å². The fourth-order valence-electron chi connectivity index (χ4n) is 4.15. The molecule has 7 nitrogen and oxygen atoms in total. The Bertz CT molecular complexity index is 574. The van der Waals surface area contributed by atoms with Crippen LogP contribution < -0.4 is 0 Å². The highest BCUT2D eigenvalue weighted by Crippen LogP contribution is 2.39. The summed E-state index contributed by atoms with van der Waals surface area (Å²) in [7, 11) is 0.933. The summed E-state index contributed by atoms with van der Waals surface area (Å²) in [6.45, 7) is 3.99. The number of quaternary nitrogens is 1. The Balaban J connectivity index is 0. The van der Waals surface area contributed by atoms with Crippen molar-refractivity contribution in [1.82, 2.24) is 0 Å². The van der Waals surface area contributed by atoms with Crippen molar-refractivity contribution in [3.63, 3.8) is 0 Å². The number of rotatable bonds is 24. The summed E-state index contributed by atoms with van der Waals surface area (Å²) in [4.78, 5) is 17.0. The summed E-state index contributed by atoms with van der Waals surface area (Å²) in [6.07, 6.45) is 28.5. The Kier molecular flexibility index (Phi) is 26.9. The summed E-state index contributed by atoms with van der Waals surface area (Å²) in [5.74, 6) is -1.55. The summed E-state index contributed by atoms with van der Waals surface area (Å²) in [5, 5.41) is 27.7. The van der Waals surface area contributed by atoms with Crippen molar-refractivity contribution in [2.24, 2.45) is 0 Å². The van der Waals surface area contributed by atoms with Gasteiger partial charge >= 0.3 is 7.60 Å². The molecule has 0 radical (unpaired) electrons. The molecule has 0 saturated heterocycles. The molecule has 0 rings (SSSR count). The lowest BCUT2D eigenvalue weighted by Gasteiger charge is -2.26. The van der Waals surface area contributed by atoms with Crippen LogP contribution in [0.25, 0.3) is 0 Å². The first-order valence-corrected chi connectivity index (χ1v) is 17.0. The van der Waals surface area contributed by atoms with Gasteiger partial charge < -0.3 is 29.6 Å². The van der Waals surface area contributed by atoms with E-state index in [4.69, 9.17) is 14.9 Å². The van der Waals surface area contributed by atoms with Crippen molar-refractivity contribution in [1.29, 1.82) is 0 Å². The number of unbranched alkanes of at least 4 members (excludes halogenated alkanes) is 16. The minimum atomic E-state index is -4.31. The van der Waals surface area contributed by atoms with Crippen LogP contribution in [0.15, 0.2) is 12.2 Å². The van der Waals surface area contributed by atoms with E-state index < -0.39 is 25.6 Å². The number of allylic oxidation sites excluding steroid dienone is 2. The topological polar surface area (TPSA) is 118 Å². The summed E-state index contributed by atoms with van der Waals surface area (Å²) < 4.78 is 10.8. The largest absolute Gasteiger partial charge is 0.391 e. The Hall–Kier alpha value is -0.270. The Morgan fingerprint density at radius 3 is 1.34 bits per heavy atom. The highest BCUT2D eigenvalue weighted by atomic mass is 31.2. The molecule has 38 heavy (non-hydrogen) atoms. The molecule has 0 aliphatic heterocycles. The first kappa shape index (κ1) is 39.9. The van der Waals surface area contributed by atoms with Gasteiger partial charge in [0.2, 0.25) is 5.85 Å². The maximum absolute atomic E-state index is 10.4. The monoisotopic (exact) mass is 566 g/mol. The van der Waals surface area contributed by atoms with Crippen LogP contribution in [-0.2, 0) is 4.57 Å². The third kappa shape index (κ3) is 31.9. The predicted octanol–water partition coefficient (Wildman–Crippen LogP) is 6.90. The molecule has 0 spiro atoms. The van der Waals surface area contributed by atoms with Crippen LogP contribution in [0, 0.1) is 0 Å². The lowest BCUT2D eigenvalue weighted by Crippen LogP contribution is -2.41. The molecule has 5 N–H and O–H groups in total. The van der Waals surface area contributed by atoms with Crippen LogP contribution in [0.1, 0.15) is 136 Å². The van der Waals surface area contributed by atoms with E-state index in [2.05, 4.69) is 19.1 Å². The predicted molar refractivity (Wildman–Crippen MR) is 161 cm³/mol. The third-order valence-corrected chi connectivity index (χ3v) is 7.61. The normalized spacial score (nSPS) is 14.8. The van der Waals surface area contributed by atoms with Crippen molar-refractivity contribution in [2.45, 2.75) is 154 Å². The fourth-order valence-corrected chi connectivity index (χ4v) is 4.85. The van der Waals surface area contributed by atoms with Gasteiger partial charge in [-0.3, -0.25) is 4.57 Å². The number of aliphatic hydroxyl groups is 3. The maximum Gasteiger partial charge on any atom is 0.359 e. The van der Waals surface area contributed by atoms with E-state index in [-0.39, 0.29) is 6.54 Å². The molecule has 0 aromatic rings. The molecule has 3 unspecified atom stereocenters. The van der Waals surface area contributed by atoms with Crippen LogP contribution >= 0.6 is 7.60 Å². The maximum atomic E-state index is 10.4. The molecule has 0 bridgehead atoms. The quantitative estimate of drug-likeness (QED) is 0.0375. The molecule has 0 fully saturated rings. The third-order valence-electron chi connectivity index (χ3n) is 6.67. The van der Waals surface area contributed by atoms with Crippen molar-refractivity contribution < 1.29 is 34.2 Å². The van der Waals surface area contributed by atoms with Gasteiger partial charge in [0.1, 0.15) is 6.54 Å². The zero-order chi connectivity index (χ0) is 29.3. The SMILES string of the molecule is CCCCCCCC/C=C\CCCCCCCCCCCCC(O)C(C)O.C[N+](C)(C)CC(O)P(=O)(O)O. The number of hydrogen-bond acceptors (Lipinski definition) is 4. The number of aliphatic hydroxyl groups excluding tert-OH is 3. The van der Waals surface area contributed by atoms with Crippen LogP contribution in [-0.4, -0.2) is 75.3 Å². The second-order valence-electron chi connectivity index (χ2n) is 12.0. The Morgan fingerprint density at radius 2 is 1.03 bits per heavy atom. The van der Waals surface area contributed by atoms with E-state index in [1.807, 2.05) is 0 Å². The van der Waals surface area contributed by atoms with Gasteiger partial charge in [-0.1, -0.05) is 109 Å². The molecule has 0 aliphatic rings. The lowest BCUT2D eigenvalue weighted by atomic mass is 10.0. The summed E-state index contributed by atoms with van der Waals surface area (Å²) in [5.41, 5.74) is 0. The zero-order valence-electron chi connectivity index (χ0n) is 25.6. The molecular formula is C30H65NO6P+. The second-order valence-corrected chi connectivity index (χ2v) is 13.8. The van der Waals surface area contributed by atoms with Gasteiger partial charge in [0.25, 0.3) is 0 Å². The van der Waals surface area contributed by atoms with Gasteiger partial charge in [-0.25, -0.2) is 0 Å². The van der Waals surface area contributed by atoms with E-state index in [1.165, 1.54) is 109 Å². The van der Waals surface area contributed by atoms with Crippen molar-refractivity contribution in [2.75, 3.05) is 27.7 Å². The number of likely N-dealkylation sites (N-methyl/N-ethyl adjacent to an activating group) is 1. The van der Waals surface area contributed by atoms with Crippen LogP contribution in [0.4, 0.5) is 0 Å². The first-order valence-electron chi connectivity index (χ1n) is 15.4. The van der Waals surface area contributed by atoms with E-state index in [0.717, 1.165) is 12.8 Å². The standard InChI is InChI=1S/C25H50O2.C5H14NO4P/c1-3-4-5-6-7-8-9-10-11-12-13-14-15-16-17-18-19-20-21-22-23-25(27)24(2)26;1-6(2,3)4-5(7)11(8,9)10/h10-11,24-27H,3-9,12-23H2,1-2H3;5,7H,4H2,1-3H3,(H-,8,9,10)/p+1/b11-10-;. The van der Waals surface area contributed by atoms with Gasteiger partial charge in [-0.2, -0.15) is 0 Å². The molecule has 0 amide bonds. The summed E-state index contributed by atoms with van der Waals surface area (Å²) >= 11 is 0.